The highest BCUT2D eigenvalue weighted by Crippen LogP contribution is 2.37. The van der Waals surface area contributed by atoms with Crippen molar-refractivity contribution in [3.63, 3.8) is 0 Å². The van der Waals surface area contributed by atoms with E-state index in [0.717, 1.165) is 0 Å². The number of halogens is 3. The molecule has 146 valence electrons. The highest BCUT2D eigenvalue weighted by atomic mass is 35.5. The molecule has 0 aliphatic heterocycles. The minimum absolute atomic E-state index is 0.0993. The van der Waals surface area contributed by atoms with E-state index in [1.165, 1.54) is 6.07 Å². The zero-order valence-electron chi connectivity index (χ0n) is 15.1. The number of nitrogens with one attached hydrogen (secondary N) is 1. The molecule has 0 bridgehead atoms. The molecule has 0 spiro atoms. The van der Waals surface area contributed by atoms with E-state index in [1.807, 2.05) is 13.8 Å². The molecule has 1 amide bonds. The number of rotatable bonds is 8. The van der Waals surface area contributed by atoms with Crippen LogP contribution in [0, 0.1) is 5.82 Å². The number of amides is 1. The number of carbonyl (C=O) groups excluding carboxylic acids is 1. The maximum absolute atomic E-state index is 15.2. The van der Waals surface area contributed by atoms with Crippen LogP contribution in [0.1, 0.15) is 38.3 Å². The van der Waals surface area contributed by atoms with Crippen molar-refractivity contribution in [2.24, 2.45) is 5.73 Å². The minimum Gasteiger partial charge on any atom is -0.453 e. The van der Waals surface area contributed by atoms with E-state index in [2.05, 4.69) is 5.32 Å². The van der Waals surface area contributed by atoms with Crippen LogP contribution in [0.3, 0.4) is 0 Å². The molecule has 0 aliphatic rings. The summed E-state index contributed by atoms with van der Waals surface area (Å²) in [4.78, 5) is 11.1. The Balaban J connectivity index is 2.32. The van der Waals surface area contributed by atoms with Crippen LogP contribution in [0.4, 0.5) is 10.1 Å². The number of hydrogen-bond acceptors (Lipinski definition) is 4. The Morgan fingerprint density at radius 1 is 1.26 bits per heavy atom. The van der Waals surface area contributed by atoms with Crippen LogP contribution in [-0.4, -0.2) is 11.9 Å². The van der Waals surface area contributed by atoms with Crippen LogP contribution in [0.2, 0.25) is 10.0 Å². The lowest BCUT2D eigenvalue weighted by Crippen LogP contribution is -2.34. The highest BCUT2D eigenvalue weighted by Gasteiger charge is 2.22. The summed E-state index contributed by atoms with van der Waals surface area (Å²) < 4.78 is 20.8. The van der Waals surface area contributed by atoms with Crippen molar-refractivity contribution in [2.75, 3.05) is 5.73 Å². The third-order valence-corrected chi connectivity index (χ3v) is 4.67. The predicted octanol–water partition coefficient (Wildman–Crippen LogP) is 4.81. The number of anilines is 1. The summed E-state index contributed by atoms with van der Waals surface area (Å²) in [6.45, 7) is 3.72. The summed E-state index contributed by atoms with van der Waals surface area (Å²) >= 11 is 12.1. The van der Waals surface area contributed by atoms with Gasteiger partial charge in [0, 0.05) is 30.1 Å². The van der Waals surface area contributed by atoms with E-state index < -0.39 is 11.7 Å². The van der Waals surface area contributed by atoms with Gasteiger partial charge < -0.3 is 21.5 Å². The Bertz CT molecular complexity index is 833. The molecule has 5 nitrogen and oxygen atoms in total. The average molecular weight is 414 g/mol. The van der Waals surface area contributed by atoms with Crippen LogP contribution in [0.25, 0.3) is 0 Å². The summed E-state index contributed by atoms with van der Waals surface area (Å²) in [6.07, 6.45) is 0.744. The molecule has 0 radical (unpaired) electrons. The van der Waals surface area contributed by atoms with Crippen molar-refractivity contribution in [3.05, 3.63) is 51.8 Å². The third-order valence-electron chi connectivity index (χ3n) is 4.05. The lowest BCUT2D eigenvalue weighted by Gasteiger charge is -2.23. The Hall–Kier alpha value is -2.02. The molecule has 5 N–H and O–H groups in total. The van der Waals surface area contributed by atoms with Crippen LogP contribution >= 0.6 is 23.2 Å². The van der Waals surface area contributed by atoms with E-state index >= 15 is 4.39 Å². The van der Waals surface area contributed by atoms with Gasteiger partial charge in [0.05, 0.1) is 15.7 Å². The van der Waals surface area contributed by atoms with Gasteiger partial charge in [-0.1, -0.05) is 36.2 Å². The van der Waals surface area contributed by atoms with Gasteiger partial charge in [0.25, 0.3) is 0 Å². The molecule has 2 rings (SSSR count). The van der Waals surface area contributed by atoms with Crippen LogP contribution in [0.15, 0.2) is 30.3 Å². The lowest BCUT2D eigenvalue weighted by atomic mass is 10.0. The van der Waals surface area contributed by atoms with Crippen molar-refractivity contribution >= 4 is 34.8 Å². The van der Waals surface area contributed by atoms with Gasteiger partial charge in [-0.05, 0) is 31.5 Å². The molecular weight excluding hydrogens is 392 g/mol. The largest absolute Gasteiger partial charge is 0.453 e. The van der Waals surface area contributed by atoms with E-state index in [0.29, 0.717) is 28.4 Å². The first-order chi connectivity index (χ1) is 12.7. The number of hydrogen-bond donors (Lipinski definition) is 3. The fraction of sp³-hybridized carbons (Fsp3) is 0.316. The van der Waals surface area contributed by atoms with Crippen molar-refractivity contribution in [1.29, 1.82) is 0 Å². The molecule has 0 fully saturated rings. The van der Waals surface area contributed by atoms with E-state index in [4.69, 9.17) is 39.4 Å². The van der Waals surface area contributed by atoms with Gasteiger partial charge in [-0.2, -0.15) is 0 Å². The SMILES string of the molecule is CC[C@@H](N[C@@H](C)CC(N)=O)c1ccc(Cl)c(Oc2ccc(N)c(Cl)c2)c1F. The molecule has 0 aliphatic carbocycles. The number of nitrogens with two attached hydrogens (primary N) is 2. The molecule has 8 heteroatoms. The zero-order valence-corrected chi connectivity index (χ0v) is 16.6. The third kappa shape index (κ3) is 5.48. The molecule has 2 aromatic rings. The second kappa shape index (κ2) is 9.26. The highest BCUT2D eigenvalue weighted by molar-refractivity contribution is 6.33. The summed E-state index contributed by atoms with van der Waals surface area (Å²) in [5, 5.41) is 3.63. The van der Waals surface area contributed by atoms with Gasteiger partial charge in [0.1, 0.15) is 5.75 Å². The first kappa shape index (κ1) is 21.3. The number of nitrogen functional groups attached to an aromatic ring is 1. The molecule has 0 unspecified atom stereocenters. The fourth-order valence-corrected chi connectivity index (χ4v) is 3.09. The molecule has 0 saturated carbocycles. The van der Waals surface area contributed by atoms with E-state index in [9.17, 15) is 4.79 Å². The first-order valence-corrected chi connectivity index (χ1v) is 9.23. The Labute approximate surface area is 167 Å². The van der Waals surface area contributed by atoms with Gasteiger partial charge >= 0.3 is 0 Å². The minimum atomic E-state index is -0.582. The van der Waals surface area contributed by atoms with E-state index in [-0.39, 0.29) is 29.3 Å². The summed E-state index contributed by atoms with van der Waals surface area (Å²) in [7, 11) is 0. The first-order valence-electron chi connectivity index (χ1n) is 8.48. The second-order valence-corrected chi connectivity index (χ2v) is 7.08. The predicted molar refractivity (Wildman–Crippen MR) is 107 cm³/mol. The van der Waals surface area contributed by atoms with E-state index in [1.54, 1.807) is 24.3 Å². The Kier molecular flexibility index (Phi) is 7.30. The number of carbonyl (C=O) groups is 1. The van der Waals surface area contributed by atoms with Crippen LogP contribution in [-0.2, 0) is 4.79 Å². The van der Waals surface area contributed by atoms with Gasteiger partial charge in [-0.3, -0.25) is 4.79 Å². The van der Waals surface area contributed by atoms with Crippen LogP contribution in [0.5, 0.6) is 11.5 Å². The standard InChI is InChI=1S/C19H22Cl2FN3O2/c1-3-16(25-10(2)8-17(24)26)12-5-6-13(20)19(18(12)22)27-11-4-7-15(23)14(21)9-11/h4-7,9-10,16,25H,3,8,23H2,1-2H3,(H2,24,26)/t10-,16+/m0/s1. The summed E-state index contributed by atoms with van der Waals surface area (Å²) in [5.74, 6) is -0.792. The van der Waals surface area contributed by atoms with Gasteiger partial charge in [0.2, 0.25) is 5.91 Å². The number of primary amides is 1. The topological polar surface area (TPSA) is 90.4 Å². The summed E-state index contributed by atoms with van der Waals surface area (Å²) in [6, 6.07) is 7.25. The lowest BCUT2D eigenvalue weighted by molar-refractivity contribution is -0.118. The monoisotopic (exact) mass is 413 g/mol. The maximum Gasteiger partial charge on any atom is 0.218 e. The van der Waals surface area contributed by atoms with Crippen molar-refractivity contribution in [3.8, 4) is 11.5 Å². The van der Waals surface area contributed by atoms with Crippen molar-refractivity contribution in [1.82, 2.24) is 5.32 Å². The molecule has 0 saturated heterocycles. The number of benzene rings is 2. The van der Waals surface area contributed by atoms with Crippen molar-refractivity contribution < 1.29 is 13.9 Å². The fourth-order valence-electron chi connectivity index (χ4n) is 2.73. The normalized spacial score (nSPS) is 13.2. The quantitative estimate of drug-likeness (QED) is 0.541. The zero-order chi connectivity index (χ0) is 20.1. The Morgan fingerprint density at radius 2 is 1.96 bits per heavy atom. The maximum atomic E-state index is 15.2. The molecule has 27 heavy (non-hydrogen) atoms. The molecule has 0 aromatic heterocycles. The second-order valence-electron chi connectivity index (χ2n) is 6.26. The van der Waals surface area contributed by atoms with Crippen molar-refractivity contribution in [2.45, 2.75) is 38.8 Å². The number of ether oxygens (including phenoxy) is 1. The smallest absolute Gasteiger partial charge is 0.218 e. The summed E-state index contributed by atoms with van der Waals surface area (Å²) in [5.41, 5.74) is 11.7. The van der Waals surface area contributed by atoms with Gasteiger partial charge in [-0.25, -0.2) is 4.39 Å². The molecular formula is C19H22Cl2FN3O2. The molecule has 2 aromatic carbocycles. The Morgan fingerprint density at radius 3 is 2.56 bits per heavy atom. The molecule has 0 heterocycles. The van der Waals surface area contributed by atoms with Gasteiger partial charge in [-0.15, -0.1) is 0 Å². The van der Waals surface area contributed by atoms with Crippen LogP contribution < -0.4 is 21.5 Å². The molecule has 2 atom stereocenters. The average Bonchev–Trinajstić information content (AvgIpc) is 2.59. The van der Waals surface area contributed by atoms with Gasteiger partial charge in [0.15, 0.2) is 11.6 Å².